The molecule has 0 aliphatic rings. The number of hydrogen-bond donors (Lipinski definition) is 2. The second-order valence-electron chi connectivity index (χ2n) is 7.13. The van der Waals surface area contributed by atoms with Crippen LogP contribution in [0.4, 0.5) is 13.2 Å². The highest BCUT2D eigenvalue weighted by Crippen LogP contribution is 2.30. The number of rotatable bonds is 7. The maximum absolute atomic E-state index is 13.0. The van der Waals surface area contributed by atoms with Crippen LogP contribution in [0.5, 0.6) is 0 Å². The van der Waals surface area contributed by atoms with Gasteiger partial charge in [-0.05, 0) is 44.2 Å². The van der Waals surface area contributed by atoms with E-state index in [0.29, 0.717) is 22.5 Å². The summed E-state index contributed by atoms with van der Waals surface area (Å²) in [4.78, 5) is 28.2. The molecule has 3 rings (SSSR count). The monoisotopic (exact) mass is 445 g/mol. The SMILES string of the molecule is Cc1nn(-c2cccc(C(F)(F)F)c2)c(C)c1CC(=O)NCCNC(=O)c1cccnc1. The van der Waals surface area contributed by atoms with Gasteiger partial charge in [-0.25, -0.2) is 4.68 Å². The molecule has 0 bridgehead atoms. The number of benzene rings is 1. The minimum absolute atomic E-state index is 0.0210. The van der Waals surface area contributed by atoms with Crippen LogP contribution >= 0.6 is 0 Å². The summed E-state index contributed by atoms with van der Waals surface area (Å²) in [5.74, 6) is -0.572. The summed E-state index contributed by atoms with van der Waals surface area (Å²) in [5, 5.41) is 9.71. The highest BCUT2D eigenvalue weighted by molar-refractivity contribution is 5.93. The first kappa shape index (κ1) is 23.0. The van der Waals surface area contributed by atoms with Crippen molar-refractivity contribution in [1.82, 2.24) is 25.4 Å². The predicted octanol–water partition coefficient (Wildman–Crippen LogP) is 2.99. The molecule has 168 valence electrons. The molecule has 0 aliphatic carbocycles. The second-order valence-corrected chi connectivity index (χ2v) is 7.13. The lowest BCUT2D eigenvalue weighted by atomic mass is 10.1. The van der Waals surface area contributed by atoms with Gasteiger partial charge in [0.2, 0.25) is 5.91 Å². The Bertz CT molecular complexity index is 1110. The molecule has 0 aliphatic heterocycles. The van der Waals surface area contributed by atoms with Crippen molar-refractivity contribution in [1.29, 1.82) is 0 Å². The Morgan fingerprint density at radius 3 is 2.50 bits per heavy atom. The first-order valence-corrected chi connectivity index (χ1v) is 9.84. The van der Waals surface area contributed by atoms with Crippen LogP contribution in [0, 0.1) is 13.8 Å². The summed E-state index contributed by atoms with van der Waals surface area (Å²) in [6.45, 7) is 3.87. The molecule has 0 radical (unpaired) electrons. The van der Waals surface area contributed by atoms with Crippen molar-refractivity contribution in [2.75, 3.05) is 13.1 Å². The molecule has 7 nitrogen and oxygen atoms in total. The average Bonchev–Trinajstić information content (AvgIpc) is 3.05. The number of halogens is 3. The zero-order valence-corrected chi connectivity index (χ0v) is 17.5. The number of amides is 2. The summed E-state index contributed by atoms with van der Waals surface area (Å²) < 4.78 is 40.5. The van der Waals surface area contributed by atoms with Gasteiger partial charge in [-0.15, -0.1) is 0 Å². The number of carbonyl (C=O) groups is 2. The van der Waals surface area contributed by atoms with E-state index in [4.69, 9.17) is 0 Å². The molecular weight excluding hydrogens is 423 g/mol. The summed E-state index contributed by atoms with van der Waals surface area (Å²) >= 11 is 0. The number of pyridine rings is 1. The van der Waals surface area contributed by atoms with Crippen LogP contribution in [0.2, 0.25) is 0 Å². The molecule has 3 aromatic rings. The van der Waals surface area contributed by atoms with Crippen molar-refractivity contribution in [3.8, 4) is 5.69 Å². The Morgan fingerprint density at radius 1 is 1.06 bits per heavy atom. The fraction of sp³-hybridized carbons (Fsp3) is 0.273. The number of alkyl halides is 3. The van der Waals surface area contributed by atoms with Gasteiger partial charge in [-0.1, -0.05) is 6.07 Å². The molecule has 2 amide bonds. The summed E-state index contributed by atoms with van der Waals surface area (Å²) in [7, 11) is 0. The molecular formula is C22H22F3N5O2. The van der Waals surface area contributed by atoms with Crippen LogP contribution in [-0.4, -0.2) is 39.7 Å². The molecule has 2 aromatic heterocycles. The van der Waals surface area contributed by atoms with Crippen molar-refractivity contribution in [3.05, 3.63) is 76.9 Å². The number of carbonyl (C=O) groups excluding carboxylic acids is 2. The van der Waals surface area contributed by atoms with Crippen LogP contribution in [0.3, 0.4) is 0 Å². The molecule has 0 spiro atoms. The lowest BCUT2D eigenvalue weighted by molar-refractivity contribution is -0.137. The van der Waals surface area contributed by atoms with E-state index in [1.165, 1.54) is 23.0 Å². The fourth-order valence-corrected chi connectivity index (χ4v) is 3.20. The Kier molecular flexibility index (Phi) is 6.92. The summed E-state index contributed by atoms with van der Waals surface area (Å²) in [6, 6.07) is 8.16. The zero-order valence-electron chi connectivity index (χ0n) is 17.5. The normalized spacial score (nSPS) is 11.3. The van der Waals surface area contributed by atoms with E-state index >= 15 is 0 Å². The molecule has 32 heavy (non-hydrogen) atoms. The van der Waals surface area contributed by atoms with Crippen molar-refractivity contribution >= 4 is 11.8 Å². The number of aromatic nitrogens is 3. The van der Waals surface area contributed by atoms with E-state index < -0.39 is 11.7 Å². The van der Waals surface area contributed by atoms with Crippen molar-refractivity contribution in [2.45, 2.75) is 26.4 Å². The quantitative estimate of drug-likeness (QED) is 0.548. The van der Waals surface area contributed by atoms with E-state index in [1.807, 2.05) is 0 Å². The minimum atomic E-state index is -4.46. The smallest absolute Gasteiger partial charge is 0.354 e. The maximum atomic E-state index is 13.0. The largest absolute Gasteiger partial charge is 0.416 e. The van der Waals surface area contributed by atoms with Crippen LogP contribution in [0.25, 0.3) is 5.69 Å². The van der Waals surface area contributed by atoms with Crippen molar-refractivity contribution in [3.63, 3.8) is 0 Å². The molecule has 0 fully saturated rings. The molecule has 0 unspecified atom stereocenters. The standard InChI is InChI=1S/C22H22F3N5O2/c1-14-19(12-20(31)27-9-10-28-21(32)16-5-4-8-26-13-16)15(2)30(29-14)18-7-3-6-17(11-18)22(23,24)25/h3-8,11,13H,9-10,12H2,1-2H3,(H,27,31)(H,28,32). The summed E-state index contributed by atoms with van der Waals surface area (Å²) in [6.07, 6.45) is -1.42. The molecule has 1 aromatic carbocycles. The molecule has 2 N–H and O–H groups in total. The minimum Gasteiger partial charge on any atom is -0.354 e. The Labute approximate surface area is 182 Å². The van der Waals surface area contributed by atoms with E-state index in [1.54, 1.807) is 32.2 Å². The number of hydrogen-bond acceptors (Lipinski definition) is 4. The maximum Gasteiger partial charge on any atom is 0.416 e. The Hall–Kier alpha value is -3.69. The van der Waals surface area contributed by atoms with Gasteiger partial charge in [0.1, 0.15) is 0 Å². The van der Waals surface area contributed by atoms with Crippen molar-refractivity contribution < 1.29 is 22.8 Å². The summed E-state index contributed by atoms with van der Waals surface area (Å²) in [5.41, 5.74) is 1.70. The van der Waals surface area contributed by atoms with Gasteiger partial charge in [0.15, 0.2) is 0 Å². The third-order valence-corrected chi connectivity index (χ3v) is 4.85. The number of nitrogens with zero attached hydrogens (tertiary/aromatic N) is 3. The van der Waals surface area contributed by atoms with E-state index in [9.17, 15) is 22.8 Å². The first-order valence-electron chi connectivity index (χ1n) is 9.84. The van der Waals surface area contributed by atoms with Gasteiger partial charge in [-0.2, -0.15) is 18.3 Å². The van der Waals surface area contributed by atoms with Crippen LogP contribution in [-0.2, 0) is 17.4 Å². The highest BCUT2D eigenvalue weighted by atomic mass is 19.4. The predicted molar refractivity (Wildman–Crippen MR) is 111 cm³/mol. The number of nitrogens with one attached hydrogen (secondary N) is 2. The van der Waals surface area contributed by atoms with Gasteiger partial charge in [0, 0.05) is 36.7 Å². The Morgan fingerprint density at radius 2 is 1.81 bits per heavy atom. The fourth-order valence-electron chi connectivity index (χ4n) is 3.20. The molecule has 0 atom stereocenters. The molecule has 0 saturated carbocycles. The van der Waals surface area contributed by atoms with E-state index in [-0.39, 0.29) is 37.0 Å². The van der Waals surface area contributed by atoms with Gasteiger partial charge in [-0.3, -0.25) is 14.6 Å². The van der Waals surface area contributed by atoms with E-state index in [2.05, 4.69) is 20.7 Å². The molecule has 10 heteroatoms. The third-order valence-electron chi connectivity index (χ3n) is 4.85. The van der Waals surface area contributed by atoms with Crippen molar-refractivity contribution in [2.24, 2.45) is 0 Å². The second kappa shape index (κ2) is 9.63. The lowest BCUT2D eigenvalue weighted by Crippen LogP contribution is -2.35. The number of aryl methyl sites for hydroxylation is 1. The third kappa shape index (κ3) is 5.51. The van der Waals surface area contributed by atoms with Gasteiger partial charge < -0.3 is 10.6 Å². The van der Waals surface area contributed by atoms with Crippen LogP contribution in [0.1, 0.15) is 32.9 Å². The molecule has 0 saturated heterocycles. The average molecular weight is 445 g/mol. The van der Waals surface area contributed by atoms with Crippen LogP contribution in [0.15, 0.2) is 48.8 Å². The van der Waals surface area contributed by atoms with Gasteiger partial charge >= 0.3 is 6.18 Å². The van der Waals surface area contributed by atoms with Gasteiger partial charge in [0.25, 0.3) is 5.91 Å². The molecule has 2 heterocycles. The highest BCUT2D eigenvalue weighted by Gasteiger charge is 2.30. The first-order chi connectivity index (χ1) is 15.2. The lowest BCUT2D eigenvalue weighted by Gasteiger charge is -2.10. The van der Waals surface area contributed by atoms with E-state index in [0.717, 1.165) is 12.1 Å². The topological polar surface area (TPSA) is 88.9 Å². The zero-order chi connectivity index (χ0) is 23.3. The van der Waals surface area contributed by atoms with Crippen LogP contribution < -0.4 is 10.6 Å². The van der Waals surface area contributed by atoms with Gasteiger partial charge in [0.05, 0.1) is 28.9 Å². The Balaban J connectivity index is 1.59.